The zero-order valence-corrected chi connectivity index (χ0v) is 6.97. The Bertz CT molecular complexity index is 269. The Labute approximate surface area is 71.1 Å². The predicted molar refractivity (Wildman–Crippen MR) is 44.5 cm³/mol. The van der Waals surface area contributed by atoms with Gasteiger partial charge in [-0.15, -0.1) is 0 Å². The second-order valence-corrected chi connectivity index (χ2v) is 3.10. The van der Waals surface area contributed by atoms with E-state index in [1.807, 2.05) is 0 Å². The number of aryl methyl sites for hydroxylation is 1. The highest BCUT2D eigenvalue weighted by atomic mass is 16.6. The highest BCUT2D eigenvalue weighted by molar-refractivity contribution is 5.29. The van der Waals surface area contributed by atoms with Gasteiger partial charge in [0.15, 0.2) is 0 Å². The molecule has 1 heterocycles. The molecule has 3 N–H and O–H groups in total. The van der Waals surface area contributed by atoms with Crippen LogP contribution in [0.25, 0.3) is 0 Å². The summed E-state index contributed by atoms with van der Waals surface area (Å²) in [6.45, 7) is 0.553. The average Bonchev–Trinajstić information content (AvgIpc) is 2.62. The van der Waals surface area contributed by atoms with E-state index < -0.39 is 0 Å². The van der Waals surface area contributed by atoms with Crippen LogP contribution in [-0.4, -0.2) is 16.8 Å². The van der Waals surface area contributed by atoms with Gasteiger partial charge in [-0.3, -0.25) is 5.10 Å². The quantitative estimate of drug-likeness (QED) is 0.638. The molecule has 0 saturated carbocycles. The van der Waals surface area contributed by atoms with Crippen LogP contribution in [0.4, 0.5) is 0 Å². The van der Waals surface area contributed by atoms with Crippen molar-refractivity contribution in [1.29, 1.82) is 0 Å². The summed E-state index contributed by atoms with van der Waals surface area (Å²) in [5.41, 5.74) is 3.84. The van der Waals surface area contributed by atoms with Crippen LogP contribution in [0.2, 0.25) is 0 Å². The third kappa shape index (κ3) is 1.23. The number of aromatic nitrogens is 2. The maximum atomic E-state index is 4.95. The molecular weight excluding hydrogens is 154 g/mol. The van der Waals surface area contributed by atoms with Crippen molar-refractivity contribution in [2.24, 2.45) is 5.90 Å². The molecule has 66 valence electrons. The van der Waals surface area contributed by atoms with Gasteiger partial charge in [0.05, 0.1) is 12.3 Å². The summed E-state index contributed by atoms with van der Waals surface area (Å²) in [6.07, 6.45) is 4.38. The Morgan fingerprint density at radius 3 is 3.25 bits per heavy atom. The van der Waals surface area contributed by atoms with E-state index in [1.165, 1.54) is 17.7 Å². The van der Waals surface area contributed by atoms with Gasteiger partial charge in [0, 0.05) is 12.1 Å². The molecule has 0 amide bonds. The lowest BCUT2D eigenvalue weighted by Crippen LogP contribution is -2.05. The summed E-state index contributed by atoms with van der Waals surface area (Å²) in [7, 11) is 0. The Hall–Kier alpha value is -0.870. The number of hydrogen-bond acceptors (Lipinski definition) is 3. The van der Waals surface area contributed by atoms with Crippen molar-refractivity contribution < 1.29 is 4.84 Å². The molecule has 0 aromatic carbocycles. The number of nitrogens with one attached hydrogen (secondary N) is 1. The molecule has 0 bridgehead atoms. The summed E-state index contributed by atoms with van der Waals surface area (Å²) in [5.74, 6) is 4.95. The molecule has 0 fully saturated rings. The van der Waals surface area contributed by atoms with E-state index in [-0.39, 0.29) is 0 Å². The molecule has 0 radical (unpaired) electrons. The summed E-state index contributed by atoms with van der Waals surface area (Å²) in [4.78, 5) is 4.52. The molecule has 0 saturated heterocycles. The summed E-state index contributed by atoms with van der Waals surface area (Å²) in [6, 6.07) is 0. The molecule has 2 rings (SSSR count). The van der Waals surface area contributed by atoms with E-state index in [9.17, 15) is 0 Å². The summed E-state index contributed by atoms with van der Waals surface area (Å²) >= 11 is 0. The van der Waals surface area contributed by atoms with E-state index in [0.717, 1.165) is 25.0 Å². The number of nitrogens with zero attached hydrogens (tertiary/aromatic N) is 1. The molecule has 1 aromatic rings. The zero-order chi connectivity index (χ0) is 8.39. The first-order chi connectivity index (χ1) is 5.92. The van der Waals surface area contributed by atoms with Crippen LogP contribution in [-0.2, 0) is 24.1 Å². The maximum Gasteiger partial charge on any atom is 0.0735 e. The zero-order valence-electron chi connectivity index (χ0n) is 6.97. The van der Waals surface area contributed by atoms with Crippen LogP contribution in [0.15, 0.2) is 0 Å². The third-order valence-electron chi connectivity index (χ3n) is 2.35. The lowest BCUT2D eigenvalue weighted by molar-refractivity contribution is 0.140. The van der Waals surface area contributed by atoms with Crippen LogP contribution < -0.4 is 5.90 Å². The summed E-state index contributed by atoms with van der Waals surface area (Å²) < 4.78 is 0. The number of hydrogen-bond donors (Lipinski definition) is 2. The van der Waals surface area contributed by atoms with E-state index in [0.29, 0.717) is 6.61 Å². The lowest BCUT2D eigenvalue weighted by Gasteiger charge is -1.96. The molecule has 0 atom stereocenters. The Kier molecular flexibility index (Phi) is 2.10. The normalized spacial score (nSPS) is 15.1. The van der Waals surface area contributed by atoms with Gasteiger partial charge in [-0.1, -0.05) is 0 Å². The van der Waals surface area contributed by atoms with Gasteiger partial charge in [-0.25, -0.2) is 5.90 Å². The van der Waals surface area contributed by atoms with Crippen molar-refractivity contribution in [2.45, 2.75) is 25.7 Å². The molecular formula is C8H13N3O. The highest BCUT2D eigenvalue weighted by Crippen LogP contribution is 2.22. The monoisotopic (exact) mass is 167 g/mol. The largest absolute Gasteiger partial charge is 0.304 e. The standard InChI is InChI=1S/C8H13N3O/c9-12-5-4-8-6-2-1-3-7(6)10-11-8/h1-5,9H2,(H,10,11). The van der Waals surface area contributed by atoms with Gasteiger partial charge in [-0.05, 0) is 24.8 Å². The van der Waals surface area contributed by atoms with E-state index in [2.05, 4.69) is 15.0 Å². The molecule has 0 aliphatic heterocycles. The number of nitrogens with two attached hydrogens (primary N) is 1. The number of rotatable bonds is 3. The van der Waals surface area contributed by atoms with Gasteiger partial charge in [-0.2, -0.15) is 5.10 Å². The minimum Gasteiger partial charge on any atom is -0.304 e. The molecule has 0 unspecified atom stereocenters. The van der Waals surface area contributed by atoms with Crippen molar-refractivity contribution in [2.75, 3.05) is 6.61 Å². The van der Waals surface area contributed by atoms with Crippen LogP contribution in [0.1, 0.15) is 23.4 Å². The average molecular weight is 167 g/mol. The van der Waals surface area contributed by atoms with E-state index >= 15 is 0 Å². The fraction of sp³-hybridized carbons (Fsp3) is 0.625. The minimum absolute atomic E-state index is 0.553. The second kappa shape index (κ2) is 3.25. The van der Waals surface area contributed by atoms with Gasteiger partial charge in [0.2, 0.25) is 0 Å². The molecule has 4 heteroatoms. The Balaban J connectivity index is 2.11. The van der Waals surface area contributed by atoms with Crippen LogP contribution in [0.3, 0.4) is 0 Å². The second-order valence-electron chi connectivity index (χ2n) is 3.10. The first-order valence-corrected chi connectivity index (χ1v) is 4.28. The van der Waals surface area contributed by atoms with Gasteiger partial charge >= 0.3 is 0 Å². The smallest absolute Gasteiger partial charge is 0.0735 e. The fourth-order valence-electron chi connectivity index (χ4n) is 1.75. The maximum absolute atomic E-state index is 4.95. The molecule has 0 spiro atoms. The minimum atomic E-state index is 0.553. The van der Waals surface area contributed by atoms with Gasteiger partial charge in [0.1, 0.15) is 0 Å². The third-order valence-corrected chi connectivity index (χ3v) is 2.35. The molecule has 1 aromatic heterocycles. The van der Waals surface area contributed by atoms with Gasteiger partial charge < -0.3 is 4.84 Å². The first-order valence-electron chi connectivity index (χ1n) is 4.28. The van der Waals surface area contributed by atoms with Crippen LogP contribution in [0, 0.1) is 0 Å². The fourth-order valence-corrected chi connectivity index (χ4v) is 1.75. The van der Waals surface area contributed by atoms with Crippen LogP contribution >= 0.6 is 0 Å². The van der Waals surface area contributed by atoms with Crippen molar-refractivity contribution in [3.8, 4) is 0 Å². The van der Waals surface area contributed by atoms with Crippen LogP contribution in [0.5, 0.6) is 0 Å². The number of H-pyrrole nitrogens is 1. The molecule has 4 nitrogen and oxygen atoms in total. The predicted octanol–water partition coefficient (Wildman–Crippen LogP) is 0.331. The first kappa shape index (κ1) is 7.76. The van der Waals surface area contributed by atoms with E-state index in [4.69, 9.17) is 5.90 Å². The molecule has 1 aliphatic carbocycles. The van der Waals surface area contributed by atoms with Crippen molar-refractivity contribution in [1.82, 2.24) is 10.2 Å². The van der Waals surface area contributed by atoms with Gasteiger partial charge in [0.25, 0.3) is 0 Å². The summed E-state index contributed by atoms with van der Waals surface area (Å²) in [5, 5.41) is 7.26. The van der Waals surface area contributed by atoms with E-state index in [1.54, 1.807) is 0 Å². The highest BCUT2D eigenvalue weighted by Gasteiger charge is 2.17. The Morgan fingerprint density at radius 2 is 2.42 bits per heavy atom. The number of aromatic amines is 1. The van der Waals surface area contributed by atoms with Crippen molar-refractivity contribution in [3.05, 3.63) is 17.0 Å². The Morgan fingerprint density at radius 1 is 1.50 bits per heavy atom. The van der Waals surface area contributed by atoms with Crippen molar-refractivity contribution >= 4 is 0 Å². The topological polar surface area (TPSA) is 63.9 Å². The molecule has 12 heavy (non-hydrogen) atoms. The number of fused-ring (bicyclic) bond motifs is 1. The lowest BCUT2D eigenvalue weighted by atomic mass is 10.1. The van der Waals surface area contributed by atoms with Crippen molar-refractivity contribution in [3.63, 3.8) is 0 Å². The SMILES string of the molecule is NOCCc1n[nH]c2c1CCC2. The molecule has 1 aliphatic rings.